The minimum absolute atomic E-state index is 0.891. The van der Waals surface area contributed by atoms with Crippen LogP contribution in [0.2, 0.25) is 0 Å². The molecule has 0 heterocycles. The first-order valence-corrected chi connectivity index (χ1v) is 5.11. The fourth-order valence-corrected chi connectivity index (χ4v) is 2.15. The third-order valence-electron chi connectivity index (χ3n) is 2.17. The highest BCUT2D eigenvalue weighted by molar-refractivity contribution is 14.1. The molecule has 1 heteroatoms. The third kappa shape index (κ3) is 1.58. The molecular formula is C10H11I. The zero-order valence-corrected chi connectivity index (χ0v) is 8.76. The predicted octanol–water partition coefficient (Wildman–Crippen LogP) is 3.48. The van der Waals surface area contributed by atoms with Crippen molar-refractivity contribution in [1.29, 1.82) is 0 Å². The fraction of sp³-hybridized carbons (Fsp3) is 0.400. The molecule has 11 heavy (non-hydrogen) atoms. The molecule has 0 amide bonds. The molecule has 1 saturated carbocycles. The molecular weight excluding hydrogens is 247 g/mol. The second-order valence-electron chi connectivity index (χ2n) is 3.30. The van der Waals surface area contributed by atoms with Gasteiger partial charge in [0.05, 0.1) is 0 Å². The van der Waals surface area contributed by atoms with Crippen molar-refractivity contribution in [2.24, 2.45) is 0 Å². The summed E-state index contributed by atoms with van der Waals surface area (Å²) in [6, 6.07) is 6.75. The Hall–Kier alpha value is -0.0500. The van der Waals surface area contributed by atoms with E-state index in [1.807, 2.05) is 0 Å². The highest BCUT2D eigenvalue weighted by Gasteiger charge is 2.25. The standard InChI is InChI=1S/C10H11I/c1-7-2-5-10(11)9(6-7)8-3-4-8/h2,5-6,8H,3-4H2,1H3. The van der Waals surface area contributed by atoms with Crippen LogP contribution in [0.15, 0.2) is 18.2 Å². The number of hydrogen-bond acceptors (Lipinski definition) is 0. The van der Waals surface area contributed by atoms with Crippen LogP contribution >= 0.6 is 22.6 Å². The monoisotopic (exact) mass is 258 g/mol. The smallest absolute Gasteiger partial charge is 0.0165 e. The third-order valence-corrected chi connectivity index (χ3v) is 3.15. The summed E-state index contributed by atoms with van der Waals surface area (Å²) in [5.41, 5.74) is 2.97. The lowest BCUT2D eigenvalue weighted by atomic mass is 10.1. The lowest BCUT2D eigenvalue weighted by Crippen LogP contribution is -1.85. The van der Waals surface area contributed by atoms with Crippen molar-refractivity contribution in [2.45, 2.75) is 25.7 Å². The Morgan fingerprint density at radius 3 is 2.73 bits per heavy atom. The van der Waals surface area contributed by atoms with E-state index in [0.29, 0.717) is 0 Å². The molecule has 58 valence electrons. The van der Waals surface area contributed by atoms with E-state index < -0.39 is 0 Å². The van der Waals surface area contributed by atoms with Gasteiger partial charge in [0.15, 0.2) is 0 Å². The molecule has 1 aromatic carbocycles. The Morgan fingerprint density at radius 1 is 1.36 bits per heavy atom. The molecule has 0 aromatic heterocycles. The number of aryl methyl sites for hydroxylation is 1. The largest absolute Gasteiger partial charge is 0.0583 e. The second-order valence-corrected chi connectivity index (χ2v) is 4.46. The van der Waals surface area contributed by atoms with Crippen molar-refractivity contribution in [1.82, 2.24) is 0 Å². The molecule has 0 N–H and O–H groups in total. The number of hydrogen-bond donors (Lipinski definition) is 0. The van der Waals surface area contributed by atoms with E-state index in [4.69, 9.17) is 0 Å². The molecule has 0 unspecified atom stereocenters. The Bertz CT molecular complexity index is 274. The average molecular weight is 258 g/mol. The Labute approximate surface area is 81.1 Å². The Kier molecular flexibility index (Phi) is 1.91. The summed E-state index contributed by atoms with van der Waals surface area (Å²) < 4.78 is 1.44. The van der Waals surface area contributed by atoms with Crippen LogP contribution in [0.4, 0.5) is 0 Å². The first-order valence-electron chi connectivity index (χ1n) is 4.03. The molecule has 0 bridgehead atoms. The van der Waals surface area contributed by atoms with Crippen LogP contribution in [0.3, 0.4) is 0 Å². The van der Waals surface area contributed by atoms with E-state index in [1.54, 1.807) is 5.56 Å². The highest BCUT2D eigenvalue weighted by Crippen LogP contribution is 2.42. The quantitative estimate of drug-likeness (QED) is 0.676. The molecule has 0 aliphatic heterocycles. The van der Waals surface area contributed by atoms with Crippen molar-refractivity contribution in [3.05, 3.63) is 32.9 Å². The molecule has 1 aromatic rings. The molecule has 2 rings (SSSR count). The van der Waals surface area contributed by atoms with E-state index in [1.165, 1.54) is 22.0 Å². The van der Waals surface area contributed by atoms with Crippen LogP contribution in [0.5, 0.6) is 0 Å². The van der Waals surface area contributed by atoms with E-state index >= 15 is 0 Å². The maximum Gasteiger partial charge on any atom is 0.0165 e. The Balaban J connectivity index is 2.42. The van der Waals surface area contributed by atoms with E-state index in [-0.39, 0.29) is 0 Å². The molecule has 0 spiro atoms. The van der Waals surface area contributed by atoms with Gasteiger partial charge >= 0.3 is 0 Å². The average Bonchev–Trinajstić information content (AvgIpc) is 2.76. The highest BCUT2D eigenvalue weighted by atomic mass is 127. The van der Waals surface area contributed by atoms with Gasteiger partial charge in [0.2, 0.25) is 0 Å². The summed E-state index contributed by atoms with van der Waals surface area (Å²) >= 11 is 2.43. The van der Waals surface area contributed by atoms with Crippen molar-refractivity contribution < 1.29 is 0 Å². The van der Waals surface area contributed by atoms with Gasteiger partial charge in [0, 0.05) is 3.57 Å². The molecule has 0 saturated heterocycles. The van der Waals surface area contributed by atoms with Gasteiger partial charge in [-0.2, -0.15) is 0 Å². The van der Waals surface area contributed by atoms with Crippen molar-refractivity contribution in [3.8, 4) is 0 Å². The van der Waals surface area contributed by atoms with Gasteiger partial charge in [-0.25, -0.2) is 0 Å². The zero-order chi connectivity index (χ0) is 7.84. The zero-order valence-electron chi connectivity index (χ0n) is 6.60. The SMILES string of the molecule is Cc1ccc(I)c(C2CC2)c1. The minimum atomic E-state index is 0.891. The van der Waals surface area contributed by atoms with E-state index in [9.17, 15) is 0 Å². The normalized spacial score (nSPS) is 16.9. The van der Waals surface area contributed by atoms with E-state index in [2.05, 4.69) is 47.7 Å². The molecule has 0 atom stereocenters. The minimum Gasteiger partial charge on any atom is -0.0583 e. The number of rotatable bonds is 1. The second kappa shape index (κ2) is 2.77. The van der Waals surface area contributed by atoms with Crippen molar-refractivity contribution in [3.63, 3.8) is 0 Å². The van der Waals surface area contributed by atoms with Gasteiger partial charge in [-0.15, -0.1) is 0 Å². The molecule has 1 aliphatic rings. The lowest BCUT2D eigenvalue weighted by molar-refractivity contribution is 1.11. The van der Waals surface area contributed by atoms with Gasteiger partial charge in [-0.3, -0.25) is 0 Å². The van der Waals surface area contributed by atoms with Crippen molar-refractivity contribution >= 4 is 22.6 Å². The summed E-state index contributed by atoms with van der Waals surface area (Å²) in [7, 11) is 0. The molecule has 0 nitrogen and oxygen atoms in total. The van der Waals surface area contributed by atoms with Gasteiger partial charge in [-0.1, -0.05) is 17.7 Å². The molecule has 1 aliphatic carbocycles. The van der Waals surface area contributed by atoms with Crippen LogP contribution in [0.1, 0.15) is 29.9 Å². The first-order chi connectivity index (χ1) is 5.27. The molecule has 1 fully saturated rings. The summed E-state index contributed by atoms with van der Waals surface area (Å²) in [5, 5.41) is 0. The van der Waals surface area contributed by atoms with Crippen molar-refractivity contribution in [2.75, 3.05) is 0 Å². The summed E-state index contributed by atoms with van der Waals surface area (Å²) in [6.07, 6.45) is 2.80. The van der Waals surface area contributed by atoms with E-state index in [0.717, 1.165) is 5.92 Å². The maximum atomic E-state index is 2.43. The predicted molar refractivity (Wildman–Crippen MR) is 55.9 cm³/mol. The summed E-state index contributed by atoms with van der Waals surface area (Å²) in [6.45, 7) is 2.17. The fourth-order valence-electron chi connectivity index (χ4n) is 1.37. The van der Waals surface area contributed by atoms with Gasteiger partial charge < -0.3 is 0 Å². The summed E-state index contributed by atoms with van der Waals surface area (Å²) in [4.78, 5) is 0. The topological polar surface area (TPSA) is 0 Å². The summed E-state index contributed by atoms with van der Waals surface area (Å²) in [5.74, 6) is 0.891. The number of halogens is 1. The Morgan fingerprint density at radius 2 is 2.09 bits per heavy atom. The van der Waals surface area contributed by atoms with Gasteiger partial charge in [0.25, 0.3) is 0 Å². The first kappa shape index (κ1) is 7.59. The van der Waals surface area contributed by atoms with Gasteiger partial charge in [0.1, 0.15) is 0 Å². The lowest BCUT2D eigenvalue weighted by Gasteiger charge is -2.02. The van der Waals surface area contributed by atoms with Crippen LogP contribution < -0.4 is 0 Å². The van der Waals surface area contributed by atoms with Crippen LogP contribution in [0, 0.1) is 10.5 Å². The van der Waals surface area contributed by atoms with Crippen LogP contribution in [-0.4, -0.2) is 0 Å². The molecule has 0 radical (unpaired) electrons. The number of benzene rings is 1. The van der Waals surface area contributed by atoms with Crippen LogP contribution in [0.25, 0.3) is 0 Å². The van der Waals surface area contributed by atoms with Crippen LogP contribution in [-0.2, 0) is 0 Å². The van der Waals surface area contributed by atoms with Gasteiger partial charge in [-0.05, 0) is 59.9 Å². The maximum absolute atomic E-state index is 2.43.